The summed E-state index contributed by atoms with van der Waals surface area (Å²) >= 11 is 0. The van der Waals surface area contributed by atoms with E-state index in [9.17, 15) is 0 Å². The van der Waals surface area contributed by atoms with Crippen molar-refractivity contribution in [1.82, 2.24) is 0 Å². The van der Waals surface area contributed by atoms with Crippen LogP contribution in [0.4, 0.5) is 0 Å². The Balaban J connectivity index is 2.20. The van der Waals surface area contributed by atoms with Crippen LogP contribution in [-0.4, -0.2) is 12.2 Å². The smallest absolute Gasteiger partial charge is 0.0578 e. The zero-order valence-corrected chi connectivity index (χ0v) is 7.51. The van der Waals surface area contributed by atoms with E-state index in [1.54, 1.807) is 0 Å². The lowest BCUT2D eigenvalue weighted by Gasteiger charge is -2.17. The average molecular weight is 155 g/mol. The molecule has 0 N–H and O–H groups in total. The lowest BCUT2D eigenvalue weighted by Crippen LogP contribution is -2.16. The molecule has 1 nitrogen and oxygen atoms in total. The fraction of sp³-hybridized carbons (Fsp3) is 0.900. The predicted octanol–water partition coefficient (Wildman–Crippen LogP) is 2.95. The fourth-order valence-electron chi connectivity index (χ4n) is 1.71. The van der Waals surface area contributed by atoms with E-state index in [1.807, 2.05) is 6.92 Å². The van der Waals surface area contributed by atoms with E-state index in [0.717, 1.165) is 0 Å². The molecule has 0 heterocycles. The lowest BCUT2D eigenvalue weighted by molar-refractivity contribution is 0.0127. The van der Waals surface area contributed by atoms with E-state index in [2.05, 4.69) is 6.92 Å². The normalized spacial score (nSPS) is 22.1. The fourth-order valence-corrected chi connectivity index (χ4v) is 1.71. The van der Waals surface area contributed by atoms with Gasteiger partial charge < -0.3 is 4.74 Å². The van der Waals surface area contributed by atoms with Gasteiger partial charge in [-0.25, -0.2) is 0 Å². The third-order valence-corrected chi connectivity index (χ3v) is 2.23. The number of hydrogen-bond acceptors (Lipinski definition) is 1. The lowest BCUT2D eigenvalue weighted by atomic mass is 10.1. The molecule has 1 radical (unpaired) electrons. The van der Waals surface area contributed by atoms with Crippen molar-refractivity contribution in [3.63, 3.8) is 0 Å². The van der Waals surface area contributed by atoms with Crippen LogP contribution in [0, 0.1) is 6.92 Å². The molecule has 0 saturated heterocycles. The molecule has 0 bridgehead atoms. The highest BCUT2D eigenvalue weighted by atomic mass is 16.5. The van der Waals surface area contributed by atoms with E-state index in [0.29, 0.717) is 6.10 Å². The van der Waals surface area contributed by atoms with Crippen LogP contribution in [0.25, 0.3) is 0 Å². The van der Waals surface area contributed by atoms with Crippen LogP contribution in [0.3, 0.4) is 0 Å². The van der Waals surface area contributed by atoms with Gasteiger partial charge in [0.1, 0.15) is 0 Å². The van der Waals surface area contributed by atoms with Crippen molar-refractivity contribution >= 4 is 0 Å². The molecule has 0 aromatic heterocycles. The summed E-state index contributed by atoms with van der Waals surface area (Å²) in [4.78, 5) is 0. The molecule has 0 spiro atoms. The van der Waals surface area contributed by atoms with Crippen molar-refractivity contribution in [3.8, 4) is 0 Å². The topological polar surface area (TPSA) is 9.23 Å². The summed E-state index contributed by atoms with van der Waals surface area (Å²) in [7, 11) is 0. The minimum absolute atomic E-state index is 0.165. The molecular weight excluding hydrogens is 136 g/mol. The monoisotopic (exact) mass is 155 g/mol. The van der Waals surface area contributed by atoms with Crippen LogP contribution in [0.2, 0.25) is 0 Å². The highest BCUT2D eigenvalue weighted by Gasteiger charge is 2.13. The van der Waals surface area contributed by atoms with Crippen molar-refractivity contribution in [2.75, 3.05) is 0 Å². The molecule has 11 heavy (non-hydrogen) atoms. The van der Waals surface area contributed by atoms with Gasteiger partial charge in [0.25, 0.3) is 0 Å². The molecule has 65 valence electrons. The first kappa shape index (κ1) is 9.05. The number of ether oxygens (including phenoxy) is 1. The van der Waals surface area contributed by atoms with Gasteiger partial charge in [0.15, 0.2) is 0 Å². The molecule has 1 aliphatic rings. The standard InChI is InChI=1S/C10H19O/c1-9(2)11-10-7-5-3-4-6-8-10/h9-10H,1,3-8H2,2H3. The van der Waals surface area contributed by atoms with Crippen molar-refractivity contribution < 1.29 is 4.74 Å². The third kappa shape index (κ3) is 3.76. The van der Waals surface area contributed by atoms with Crippen LogP contribution in [-0.2, 0) is 4.74 Å². The van der Waals surface area contributed by atoms with Crippen LogP contribution in [0.15, 0.2) is 0 Å². The average Bonchev–Trinajstić information content (AvgIpc) is 2.14. The Labute approximate surface area is 70.1 Å². The van der Waals surface area contributed by atoms with Gasteiger partial charge in [0, 0.05) is 0 Å². The zero-order valence-electron chi connectivity index (χ0n) is 7.51. The molecule has 1 fully saturated rings. The molecule has 0 aromatic rings. The summed E-state index contributed by atoms with van der Waals surface area (Å²) < 4.78 is 5.66. The Hall–Kier alpha value is -0.0400. The van der Waals surface area contributed by atoms with Gasteiger partial charge in [0.2, 0.25) is 0 Å². The SMILES string of the molecule is [CH2]C(C)OC1CCCCCC1. The quantitative estimate of drug-likeness (QED) is 0.557. The number of rotatable bonds is 2. The minimum atomic E-state index is 0.165. The van der Waals surface area contributed by atoms with Gasteiger partial charge in [-0.3, -0.25) is 0 Å². The minimum Gasteiger partial charge on any atom is -0.375 e. The van der Waals surface area contributed by atoms with Gasteiger partial charge >= 0.3 is 0 Å². The second kappa shape index (κ2) is 4.76. The molecule has 0 aromatic carbocycles. The van der Waals surface area contributed by atoms with Crippen molar-refractivity contribution in [1.29, 1.82) is 0 Å². The Kier molecular flexibility index (Phi) is 3.92. The van der Waals surface area contributed by atoms with Gasteiger partial charge in [-0.05, 0) is 26.7 Å². The van der Waals surface area contributed by atoms with Gasteiger partial charge in [-0.2, -0.15) is 0 Å². The molecule has 1 rings (SSSR count). The molecular formula is C10H19O. The maximum atomic E-state index is 5.66. The van der Waals surface area contributed by atoms with Gasteiger partial charge in [-0.1, -0.05) is 25.7 Å². The molecule has 1 saturated carbocycles. The highest BCUT2D eigenvalue weighted by Crippen LogP contribution is 2.20. The highest BCUT2D eigenvalue weighted by molar-refractivity contribution is 4.66. The van der Waals surface area contributed by atoms with Gasteiger partial charge in [0.05, 0.1) is 12.2 Å². The molecule has 1 aliphatic carbocycles. The first-order valence-electron chi connectivity index (χ1n) is 4.77. The van der Waals surface area contributed by atoms with Gasteiger partial charge in [-0.15, -0.1) is 0 Å². The zero-order chi connectivity index (χ0) is 8.10. The summed E-state index contributed by atoms with van der Waals surface area (Å²) in [6.07, 6.45) is 8.65. The largest absolute Gasteiger partial charge is 0.375 e. The van der Waals surface area contributed by atoms with Crippen LogP contribution < -0.4 is 0 Å². The van der Waals surface area contributed by atoms with Crippen LogP contribution in [0.1, 0.15) is 45.4 Å². The molecule has 1 heteroatoms. The van der Waals surface area contributed by atoms with E-state index >= 15 is 0 Å². The first-order valence-corrected chi connectivity index (χ1v) is 4.77. The maximum Gasteiger partial charge on any atom is 0.0578 e. The molecule has 1 unspecified atom stereocenters. The predicted molar refractivity (Wildman–Crippen MR) is 47.4 cm³/mol. The Morgan fingerprint density at radius 1 is 1.18 bits per heavy atom. The van der Waals surface area contributed by atoms with E-state index in [1.165, 1.54) is 38.5 Å². The van der Waals surface area contributed by atoms with E-state index in [4.69, 9.17) is 4.74 Å². The third-order valence-electron chi connectivity index (χ3n) is 2.23. The van der Waals surface area contributed by atoms with Crippen molar-refractivity contribution in [3.05, 3.63) is 6.92 Å². The van der Waals surface area contributed by atoms with E-state index in [-0.39, 0.29) is 6.10 Å². The summed E-state index contributed by atoms with van der Waals surface area (Å²) in [6, 6.07) is 0. The Morgan fingerprint density at radius 2 is 1.73 bits per heavy atom. The summed E-state index contributed by atoms with van der Waals surface area (Å²) in [5, 5.41) is 0. The summed E-state index contributed by atoms with van der Waals surface area (Å²) in [5.41, 5.74) is 0. The first-order chi connectivity index (χ1) is 5.29. The molecule has 0 amide bonds. The van der Waals surface area contributed by atoms with Crippen LogP contribution in [0.5, 0.6) is 0 Å². The van der Waals surface area contributed by atoms with Crippen molar-refractivity contribution in [2.24, 2.45) is 0 Å². The number of hydrogen-bond donors (Lipinski definition) is 0. The summed E-state index contributed by atoms with van der Waals surface area (Å²) in [6.45, 7) is 5.86. The maximum absolute atomic E-state index is 5.66. The molecule has 0 aliphatic heterocycles. The van der Waals surface area contributed by atoms with Crippen LogP contribution >= 0.6 is 0 Å². The summed E-state index contributed by atoms with van der Waals surface area (Å²) in [5.74, 6) is 0. The van der Waals surface area contributed by atoms with E-state index < -0.39 is 0 Å². The Bertz CT molecular complexity index is 91.0. The second-order valence-corrected chi connectivity index (χ2v) is 3.56. The second-order valence-electron chi connectivity index (χ2n) is 3.56. The van der Waals surface area contributed by atoms with Crippen molar-refractivity contribution in [2.45, 2.75) is 57.7 Å². The molecule has 1 atom stereocenters. The Morgan fingerprint density at radius 3 is 2.18 bits per heavy atom.